The Morgan fingerprint density at radius 2 is 1.73 bits per heavy atom. The molecule has 0 heterocycles. The lowest BCUT2D eigenvalue weighted by atomic mass is 9.43. The largest absolute Gasteiger partial charge is 0.389 e. The molecular formula is C21H34O. The van der Waals surface area contributed by atoms with Crippen molar-refractivity contribution < 1.29 is 5.11 Å². The molecule has 4 aliphatic rings. The Kier molecular flexibility index (Phi) is 3.36. The van der Waals surface area contributed by atoms with Crippen LogP contribution in [-0.2, 0) is 0 Å². The summed E-state index contributed by atoms with van der Waals surface area (Å²) in [5.41, 5.74) is 0.193. The van der Waals surface area contributed by atoms with Crippen molar-refractivity contribution in [3.63, 3.8) is 0 Å². The zero-order valence-electron chi connectivity index (χ0n) is 14.6. The molecule has 0 aliphatic heterocycles. The summed E-state index contributed by atoms with van der Waals surface area (Å²) in [4.78, 5) is 0. The summed E-state index contributed by atoms with van der Waals surface area (Å²) < 4.78 is 0. The van der Waals surface area contributed by atoms with Crippen LogP contribution >= 0.6 is 0 Å². The fraction of sp³-hybridized carbons (Fsp3) is 0.905. The van der Waals surface area contributed by atoms with E-state index in [1.54, 1.807) is 0 Å². The summed E-state index contributed by atoms with van der Waals surface area (Å²) in [7, 11) is 0. The van der Waals surface area contributed by atoms with E-state index in [0.717, 1.165) is 24.7 Å². The fourth-order valence-electron chi connectivity index (χ4n) is 7.68. The first-order valence-corrected chi connectivity index (χ1v) is 9.81. The van der Waals surface area contributed by atoms with E-state index in [4.69, 9.17) is 0 Å². The number of hydrogen-bond acceptors (Lipinski definition) is 1. The molecule has 0 saturated heterocycles. The van der Waals surface area contributed by atoms with Gasteiger partial charge in [0.15, 0.2) is 0 Å². The predicted molar refractivity (Wildman–Crippen MR) is 91.5 cm³/mol. The van der Waals surface area contributed by atoms with E-state index < -0.39 is 5.60 Å². The molecule has 4 fully saturated rings. The maximum absolute atomic E-state index is 11.8. The van der Waals surface area contributed by atoms with Crippen LogP contribution in [0.15, 0.2) is 12.7 Å². The average molecular weight is 303 g/mol. The molecule has 4 saturated carbocycles. The van der Waals surface area contributed by atoms with Crippen molar-refractivity contribution in [1.82, 2.24) is 0 Å². The second-order valence-electron chi connectivity index (χ2n) is 9.50. The zero-order valence-corrected chi connectivity index (χ0v) is 14.6. The van der Waals surface area contributed by atoms with Crippen LogP contribution in [0, 0.1) is 34.5 Å². The highest BCUT2D eigenvalue weighted by Crippen LogP contribution is 2.69. The average Bonchev–Trinajstić information content (AvgIpc) is 2.78. The van der Waals surface area contributed by atoms with Gasteiger partial charge < -0.3 is 5.11 Å². The molecule has 0 aromatic rings. The third kappa shape index (κ3) is 1.70. The van der Waals surface area contributed by atoms with Gasteiger partial charge in [-0.3, -0.25) is 0 Å². The number of allylic oxidation sites excluding steroid dienone is 1. The highest BCUT2D eigenvalue weighted by Gasteiger charge is 2.66. The van der Waals surface area contributed by atoms with Crippen molar-refractivity contribution in [1.29, 1.82) is 0 Å². The van der Waals surface area contributed by atoms with Crippen LogP contribution in [0.3, 0.4) is 0 Å². The van der Waals surface area contributed by atoms with E-state index in [1.807, 2.05) is 0 Å². The van der Waals surface area contributed by atoms with Crippen molar-refractivity contribution >= 4 is 0 Å². The van der Waals surface area contributed by atoms with Crippen LogP contribution in [0.25, 0.3) is 0 Å². The third-order valence-electron chi connectivity index (χ3n) is 9.13. The summed E-state index contributed by atoms with van der Waals surface area (Å²) in [5, 5.41) is 11.8. The number of hydrogen-bond donors (Lipinski definition) is 1. The number of rotatable bonds is 1. The van der Waals surface area contributed by atoms with Crippen LogP contribution in [0.1, 0.15) is 78.1 Å². The maximum Gasteiger partial charge on any atom is 0.0737 e. The molecule has 4 rings (SSSR count). The van der Waals surface area contributed by atoms with Crippen LogP contribution in [-0.4, -0.2) is 10.7 Å². The van der Waals surface area contributed by atoms with Crippen LogP contribution in [0.2, 0.25) is 0 Å². The topological polar surface area (TPSA) is 20.2 Å². The zero-order chi connectivity index (χ0) is 15.6. The molecule has 7 atom stereocenters. The molecule has 0 spiro atoms. The summed E-state index contributed by atoms with van der Waals surface area (Å²) in [6.07, 6.45) is 15.2. The van der Waals surface area contributed by atoms with E-state index >= 15 is 0 Å². The van der Waals surface area contributed by atoms with Gasteiger partial charge in [-0.05, 0) is 80.5 Å². The third-order valence-corrected chi connectivity index (χ3v) is 9.13. The first-order chi connectivity index (χ1) is 10.5. The molecule has 1 N–H and O–H groups in total. The normalized spacial score (nSPS) is 57.6. The van der Waals surface area contributed by atoms with Gasteiger partial charge in [-0.15, -0.1) is 6.58 Å². The summed E-state index contributed by atoms with van der Waals surface area (Å²) in [6, 6.07) is 0. The number of aliphatic hydroxyl groups is 1. The van der Waals surface area contributed by atoms with Gasteiger partial charge in [0, 0.05) is 5.41 Å². The molecule has 1 heteroatoms. The van der Waals surface area contributed by atoms with Crippen molar-refractivity contribution in [3.05, 3.63) is 12.7 Å². The van der Waals surface area contributed by atoms with Gasteiger partial charge in [-0.2, -0.15) is 0 Å². The molecule has 4 aliphatic carbocycles. The minimum Gasteiger partial charge on any atom is -0.389 e. The molecule has 0 bridgehead atoms. The van der Waals surface area contributed by atoms with Crippen LogP contribution in [0.4, 0.5) is 0 Å². The monoisotopic (exact) mass is 302 g/mol. The standard InChI is InChI=1S/C21H34O/c1-4-15-10-14-21(22)18-9-8-16-7-5-6-12-19(16,2)17(18)11-13-20(15,21)3/h4,15-18,22H,1,5-14H2,2-3H3/t15-,16?,17-,18+,19-,20+,21+/m0/s1. The molecule has 1 unspecified atom stereocenters. The first-order valence-electron chi connectivity index (χ1n) is 9.81. The van der Waals surface area contributed by atoms with E-state index in [0.29, 0.717) is 17.3 Å². The molecule has 0 aromatic heterocycles. The summed E-state index contributed by atoms with van der Waals surface area (Å²) in [6.45, 7) is 9.04. The first kappa shape index (κ1) is 15.2. The predicted octanol–water partition coefficient (Wildman–Crippen LogP) is 5.34. The van der Waals surface area contributed by atoms with E-state index in [-0.39, 0.29) is 5.41 Å². The molecule has 124 valence electrons. The van der Waals surface area contributed by atoms with E-state index in [2.05, 4.69) is 26.5 Å². The van der Waals surface area contributed by atoms with E-state index in [9.17, 15) is 5.11 Å². The Labute approximate surface area is 136 Å². The summed E-state index contributed by atoms with van der Waals surface area (Å²) in [5.74, 6) is 2.78. The molecular weight excluding hydrogens is 268 g/mol. The molecule has 1 nitrogen and oxygen atoms in total. The smallest absolute Gasteiger partial charge is 0.0737 e. The Morgan fingerprint density at radius 3 is 2.50 bits per heavy atom. The van der Waals surface area contributed by atoms with Gasteiger partial charge in [0.05, 0.1) is 5.60 Å². The van der Waals surface area contributed by atoms with Gasteiger partial charge in [-0.1, -0.05) is 32.8 Å². The maximum atomic E-state index is 11.8. The lowest BCUT2D eigenvalue weighted by Gasteiger charge is -2.63. The SMILES string of the molecule is C=C[C@H]1CC[C@@]2(O)[C@@H]3CCC4CCCC[C@]4(C)[C@H]3CC[C@]12C. The lowest BCUT2D eigenvalue weighted by molar-refractivity contribution is -0.203. The van der Waals surface area contributed by atoms with Gasteiger partial charge >= 0.3 is 0 Å². The Hall–Kier alpha value is -0.300. The fourth-order valence-corrected chi connectivity index (χ4v) is 7.68. The lowest BCUT2D eigenvalue weighted by Crippen LogP contribution is -2.61. The molecule has 22 heavy (non-hydrogen) atoms. The molecule has 0 radical (unpaired) electrons. The van der Waals surface area contributed by atoms with Crippen molar-refractivity contribution in [3.8, 4) is 0 Å². The van der Waals surface area contributed by atoms with Crippen LogP contribution in [0.5, 0.6) is 0 Å². The molecule has 0 aromatic carbocycles. The van der Waals surface area contributed by atoms with Gasteiger partial charge in [0.25, 0.3) is 0 Å². The Balaban J connectivity index is 1.70. The van der Waals surface area contributed by atoms with Crippen molar-refractivity contribution in [2.75, 3.05) is 0 Å². The second kappa shape index (κ2) is 4.85. The van der Waals surface area contributed by atoms with Crippen molar-refractivity contribution in [2.45, 2.75) is 83.7 Å². The Bertz CT molecular complexity index is 471. The van der Waals surface area contributed by atoms with Gasteiger partial charge in [-0.25, -0.2) is 0 Å². The van der Waals surface area contributed by atoms with Crippen molar-refractivity contribution in [2.24, 2.45) is 34.5 Å². The second-order valence-corrected chi connectivity index (χ2v) is 9.50. The minimum atomic E-state index is -0.416. The minimum absolute atomic E-state index is 0.0911. The number of fused-ring (bicyclic) bond motifs is 5. The van der Waals surface area contributed by atoms with Gasteiger partial charge in [0.1, 0.15) is 0 Å². The van der Waals surface area contributed by atoms with Crippen LogP contribution < -0.4 is 0 Å². The molecule has 0 amide bonds. The van der Waals surface area contributed by atoms with Gasteiger partial charge in [0.2, 0.25) is 0 Å². The van der Waals surface area contributed by atoms with E-state index in [1.165, 1.54) is 51.4 Å². The highest BCUT2D eigenvalue weighted by atomic mass is 16.3. The quantitative estimate of drug-likeness (QED) is 0.648. The Morgan fingerprint density at radius 1 is 0.909 bits per heavy atom. The highest BCUT2D eigenvalue weighted by molar-refractivity contribution is 5.18. The summed E-state index contributed by atoms with van der Waals surface area (Å²) >= 11 is 0.